The maximum Gasteiger partial charge on any atom is 0.346 e. The summed E-state index contributed by atoms with van der Waals surface area (Å²) >= 11 is 12.0. The van der Waals surface area contributed by atoms with E-state index in [1.807, 2.05) is 19.1 Å². The third-order valence-electron chi connectivity index (χ3n) is 3.27. The van der Waals surface area contributed by atoms with E-state index in [2.05, 4.69) is 0 Å². The lowest BCUT2D eigenvalue weighted by atomic mass is 10.0. The smallest absolute Gasteiger partial charge is 0.346 e. The maximum absolute atomic E-state index is 12.1. The summed E-state index contributed by atoms with van der Waals surface area (Å²) < 4.78 is 10.8. The highest BCUT2D eigenvalue weighted by Crippen LogP contribution is 2.37. The molecule has 3 aromatic rings. The minimum absolute atomic E-state index is 0.185. The zero-order valence-electron chi connectivity index (χ0n) is 11.7. The summed E-state index contributed by atoms with van der Waals surface area (Å²) in [5, 5.41) is 2.31. The number of hydrogen-bond donors (Lipinski definition) is 0. The highest BCUT2D eigenvalue weighted by Gasteiger charge is 2.17. The Bertz CT molecular complexity index is 883. The minimum Gasteiger partial charge on any atom is -0.465 e. The van der Waals surface area contributed by atoms with E-state index in [0.29, 0.717) is 33.0 Å². The fourth-order valence-electron chi connectivity index (χ4n) is 2.32. The van der Waals surface area contributed by atoms with Crippen molar-refractivity contribution in [3.05, 3.63) is 62.9 Å². The van der Waals surface area contributed by atoms with E-state index in [1.54, 1.807) is 30.3 Å². The van der Waals surface area contributed by atoms with Crippen molar-refractivity contribution >= 4 is 34.0 Å². The molecule has 0 amide bonds. The molecule has 112 valence electrons. The molecular weight excluding hydrogens is 323 g/mol. The molecule has 0 aliphatic rings. The molecule has 0 unspecified atom stereocenters. The van der Waals surface area contributed by atoms with E-state index in [0.717, 1.165) is 5.56 Å². The van der Waals surface area contributed by atoms with Crippen LogP contribution < -0.4 is 10.4 Å². The van der Waals surface area contributed by atoms with Crippen LogP contribution in [0.3, 0.4) is 0 Å². The number of ether oxygens (including phenoxy) is 1. The molecular formula is C17H12Cl2O3. The Morgan fingerprint density at radius 2 is 1.68 bits per heavy atom. The zero-order valence-corrected chi connectivity index (χ0v) is 13.2. The summed E-state index contributed by atoms with van der Waals surface area (Å²) in [5.74, 6) is 0.185. The molecule has 3 rings (SSSR count). The molecule has 0 N–H and O–H groups in total. The Morgan fingerprint density at radius 3 is 2.36 bits per heavy atom. The lowest BCUT2D eigenvalue weighted by molar-refractivity contribution is 0.247. The van der Waals surface area contributed by atoms with E-state index in [4.69, 9.17) is 32.4 Å². The van der Waals surface area contributed by atoms with E-state index >= 15 is 0 Å². The molecule has 0 aliphatic heterocycles. The molecule has 0 spiro atoms. The van der Waals surface area contributed by atoms with Gasteiger partial charge in [-0.25, -0.2) is 4.79 Å². The molecule has 5 heteroatoms. The molecule has 0 aliphatic carbocycles. The first-order valence-electron chi connectivity index (χ1n) is 6.75. The molecule has 22 heavy (non-hydrogen) atoms. The Balaban J connectivity index is 2.40. The van der Waals surface area contributed by atoms with Crippen molar-refractivity contribution < 1.29 is 9.15 Å². The fourth-order valence-corrected chi connectivity index (χ4v) is 2.62. The largest absolute Gasteiger partial charge is 0.465 e. The van der Waals surface area contributed by atoms with Crippen LogP contribution >= 0.6 is 23.2 Å². The average molecular weight is 335 g/mol. The number of hydrogen-bond acceptors (Lipinski definition) is 3. The van der Waals surface area contributed by atoms with E-state index in [9.17, 15) is 4.79 Å². The molecule has 0 radical (unpaired) electrons. The van der Waals surface area contributed by atoms with Crippen LogP contribution in [-0.2, 0) is 0 Å². The summed E-state index contributed by atoms with van der Waals surface area (Å²) in [6, 6.07) is 12.3. The highest BCUT2D eigenvalue weighted by atomic mass is 35.5. The van der Waals surface area contributed by atoms with E-state index < -0.39 is 5.63 Å². The third kappa shape index (κ3) is 2.70. The van der Waals surface area contributed by atoms with Crippen LogP contribution in [-0.4, -0.2) is 6.61 Å². The van der Waals surface area contributed by atoms with Crippen molar-refractivity contribution in [2.24, 2.45) is 0 Å². The van der Waals surface area contributed by atoms with Gasteiger partial charge in [0.2, 0.25) is 0 Å². The lowest BCUT2D eigenvalue weighted by Gasteiger charge is -2.12. The minimum atomic E-state index is -0.451. The van der Waals surface area contributed by atoms with Gasteiger partial charge in [-0.1, -0.05) is 35.3 Å². The van der Waals surface area contributed by atoms with Crippen molar-refractivity contribution in [3.63, 3.8) is 0 Å². The molecule has 0 atom stereocenters. The lowest BCUT2D eigenvalue weighted by Crippen LogP contribution is -2.05. The Kier molecular flexibility index (Phi) is 4.10. The Morgan fingerprint density at radius 1 is 1.00 bits per heavy atom. The monoisotopic (exact) mass is 334 g/mol. The topological polar surface area (TPSA) is 39.4 Å². The van der Waals surface area contributed by atoms with Crippen LogP contribution in [0.25, 0.3) is 21.9 Å². The Hall–Kier alpha value is -1.97. The van der Waals surface area contributed by atoms with Crippen molar-refractivity contribution in [2.45, 2.75) is 6.92 Å². The predicted molar refractivity (Wildman–Crippen MR) is 89.1 cm³/mol. The predicted octanol–water partition coefficient (Wildman–Crippen LogP) is 5.17. The molecule has 0 saturated carbocycles. The highest BCUT2D eigenvalue weighted by molar-refractivity contribution is 6.31. The first-order chi connectivity index (χ1) is 10.6. The van der Waals surface area contributed by atoms with Gasteiger partial charge in [0.05, 0.1) is 17.6 Å². The first-order valence-corrected chi connectivity index (χ1v) is 7.51. The van der Waals surface area contributed by atoms with Crippen LogP contribution in [0.2, 0.25) is 10.0 Å². The van der Waals surface area contributed by atoms with Crippen LogP contribution in [0.1, 0.15) is 6.92 Å². The van der Waals surface area contributed by atoms with Crippen molar-refractivity contribution in [3.8, 4) is 17.1 Å². The summed E-state index contributed by atoms with van der Waals surface area (Å²) in [5.41, 5.74) is 1.08. The number of halogens is 2. The van der Waals surface area contributed by atoms with Gasteiger partial charge in [-0.05, 0) is 42.8 Å². The molecule has 3 nitrogen and oxygen atoms in total. The van der Waals surface area contributed by atoms with Gasteiger partial charge in [0, 0.05) is 15.4 Å². The SMILES string of the molecule is CCOc1oc(=O)c2ccc(Cl)cc2c1-c1ccc(Cl)cc1. The number of benzene rings is 2. The second kappa shape index (κ2) is 6.03. The second-order valence-electron chi connectivity index (χ2n) is 4.68. The van der Waals surface area contributed by atoms with Gasteiger partial charge in [-0.3, -0.25) is 0 Å². The van der Waals surface area contributed by atoms with Gasteiger partial charge < -0.3 is 9.15 Å². The normalized spacial score (nSPS) is 10.9. The van der Waals surface area contributed by atoms with Crippen molar-refractivity contribution in [1.29, 1.82) is 0 Å². The van der Waals surface area contributed by atoms with Gasteiger partial charge in [-0.15, -0.1) is 0 Å². The third-order valence-corrected chi connectivity index (χ3v) is 3.76. The van der Waals surface area contributed by atoms with Crippen LogP contribution in [0.5, 0.6) is 5.95 Å². The Labute approximate surface area is 137 Å². The zero-order chi connectivity index (χ0) is 15.7. The first kappa shape index (κ1) is 14.9. The molecule has 0 fully saturated rings. The number of rotatable bonds is 3. The van der Waals surface area contributed by atoms with Gasteiger partial charge in [0.25, 0.3) is 5.95 Å². The van der Waals surface area contributed by atoms with Gasteiger partial charge in [0.1, 0.15) is 0 Å². The fraction of sp³-hybridized carbons (Fsp3) is 0.118. The average Bonchev–Trinajstić information content (AvgIpc) is 2.49. The van der Waals surface area contributed by atoms with Gasteiger partial charge in [-0.2, -0.15) is 0 Å². The summed E-state index contributed by atoms with van der Waals surface area (Å²) in [6.45, 7) is 2.21. The molecule has 1 aromatic heterocycles. The summed E-state index contributed by atoms with van der Waals surface area (Å²) in [7, 11) is 0. The standard InChI is InChI=1S/C17H12Cl2O3/c1-2-21-17-15(10-3-5-11(18)6-4-10)14-9-12(19)7-8-13(14)16(20)22-17/h3-9H,2H2,1H3. The van der Waals surface area contributed by atoms with Crippen molar-refractivity contribution in [2.75, 3.05) is 6.61 Å². The van der Waals surface area contributed by atoms with Gasteiger partial charge >= 0.3 is 5.63 Å². The second-order valence-corrected chi connectivity index (χ2v) is 5.55. The molecule has 1 heterocycles. The number of fused-ring (bicyclic) bond motifs is 1. The van der Waals surface area contributed by atoms with Crippen molar-refractivity contribution in [1.82, 2.24) is 0 Å². The van der Waals surface area contributed by atoms with E-state index in [-0.39, 0.29) is 5.95 Å². The van der Waals surface area contributed by atoms with Gasteiger partial charge in [0.15, 0.2) is 0 Å². The molecule has 0 bridgehead atoms. The summed E-state index contributed by atoms with van der Waals surface area (Å²) in [4.78, 5) is 12.1. The maximum atomic E-state index is 12.1. The van der Waals surface area contributed by atoms with Crippen LogP contribution in [0.15, 0.2) is 51.7 Å². The quantitative estimate of drug-likeness (QED) is 0.663. The molecule has 0 saturated heterocycles. The van der Waals surface area contributed by atoms with E-state index in [1.165, 1.54) is 0 Å². The summed E-state index contributed by atoms with van der Waals surface area (Å²) in [6.07, 6.45) is 0. The van der Waals surface area contributed by atoms with Crippen LogP contribution in [0, 0.1) is 0 Å². The van der Waals surface area contributed by atoms with Crippen LogP contribution in [0.4, 0.5) is 0 Å². The molecule has 2 aromatic carbocycles.